The Labute approximate surface area is 242 Å². The summed E-state index contributed by atoms with van der Waals surface area (Å²) < 4.78 is 36.1. The Bertz CT molecular complexity index is 1050. The van der Waals surface area contributed by atoms with Gasteiger partial charge in [-0.05, 0) is 62.6 Å². The molecule has 232 valence electrons. The highest BCUT2D eigenvalue weighted by molar-refractivity contribution is 5.76. The van der Waals surface area contributed by atoms with Gasteiger partial charge in [-0.2, -0.15) is 0 Å². The molecule has 0 unspecified atom stereocenters. The lowest BCUT2D eigenvalue weighted by atomic mass is 9.99. The second kappa shape index (κ2) is 14.9. The summed E-state index contributed by atoms with van der Waals surface area (Å²) in [7, 11) is 0. The van der Waals surface area contributed by atoms with Gasteiger partial charge in [-0.25, -0.2) is 14.4 Å². The Morgan fingerprint density at radius 2 is 1.27 bits per heavy atom. The van der Waals surface area contributed by atoms with Gasteiger partial charge in [-0.15, -0.1) is 0 Å². The van der Waals surface area contributed by atoms with Crippen molar-refractivity contribution in [3.63, 3.8) is 0 Å². The maximum atomic E-state index is 12.5. The molecule has 0 aliphatic heterocycles. The maximum absolute atomic E-state index is 12.5. The second-order valence-corrected chi connectivity index (χ2v) is 13.0. The van der Waals surface area contributed by atoms with Crippen LogP contribution in [0.25, 0.3) is 0 Å². The predicted molar refractivity (Wildman–Crippen MR) is 149 cm³/mol. The van der Waals surface area contributed by atoms with Crippen molar-refractivity contribution in [2.24, 2.45) is 16.6 Å². The Kier molecular flexibility index (Phi) is 12.9. The average Bonchev–Trinajstić information content (AvgIpc) is 2.79. The Morgan fingerprint density at radius 3 is 1.76 bits per heavy atom. The zero-order chi connectivity index (χ0) is 31.6. The third kappa shape index (κ3) is 16.3. The van der Waals surface area contributed by atoms with Crippen molar-refractivity contribution < 1.29 is 52.3 Å². The first-order valence-corrected chi connectivity index (χ1v) is 13.3. The van der Waals surface area contributed by atoms with Gasteiger partial charge in [0.1, 0.15) is 24.4 Å². The fourth-order valence-electron chi connectivity index (χ4n) is 2.75. The molecular weight excluding hydrogens is 538 g/mol. The molecule has 0 fully saturated rings. The second-order valence-electron chi connectivity index (χ2n) is 13.0. The molecule has 0 heterocycles. The zero-order valence-corrected chi connectivity index (χ0v) is 25.8. The Balaban J connectivity index is 2.90. The summed E-state index contributed by atoms with van der Waals surface area (Å²) >= 11 is 0. The van der Waals surface area contributed by atoms with Gasteiger partial charge in [0.2, 0.25) is 0 Å². The van der Waals surface area contributed by atoms with E-state index >= 15 is 0 Å². The van der Waals surface area contributed by atoms with E-state index in [0.717, 1.165) is 0 Å². The smallest absolute Gasteiger partial charge is 0.461 e. The number of hydrogen-bond donors (Lipinski definition) is 1. The van der Waals surface area contributed by atoms with Gasteiger partial charge in [0.15, 0.2) is 11.5 Å². The van der Waals surface area contributed by atoms with E-state index in [-0.39, 0.29) is 48.6 Å². The number of nitrogens with two attached hydrogens (primary N) is 1. The van der Waals surface area contributed by atoms with Crippen LogP contribution in [0.2, 0.25) is 0 Å². The summed E-state index contributed by atoms with van der Waals surface area (Å²) in [4.78, 5) is 48.8. The van der Waals surface area contributed by atoms with E-state index in [1.54, 1.807) is 26.8 Å². The number of carbonyl (C=O) groups excluding carboxylic acids is 4. The van der Waals surface area contributed by atoms with E-state index in [9.17, 15) is 19.2 Å². The quantitative estimate of drug-likeness (QED) is 0.208. The van der Waals surface area contributed by atoms with Gasteiger partial charge in [0.25, 0.3) is 0 Å². The van der Waals surface area contributed by atoms with Gasteiger partial charge >= 0.3 is 24.4 Å². The standard InChI is InChI=1S/C29H45NO11/c1-18(38-26(34)41-29(8,9)10)15-35-23(31)20(30)13-19-11-12-21(39-24(32)36-16-27(2,3)4)22(14-19)40-25(33)37-17-28(5,6)7/h11-12,14,18,20H,13,15-17,30H2,1-10H3/t18-,20-/m0/s1. The van der Waals surface area contributed by atoms with Crippen molar-refractivity contribution in [3.05, 3.63) is 23.8 Å². The predicted octanol–water partition coefficient (Wildman–Crippen LogP) is 5.56. The van der Waals surface area contributed by atoms with E-state index < -0.39 is 42.2 Å². The first-order valence-electron chi connectivity index (χ1n) is 13.3. The number of benzene rings is 1. The summed E-state index contributed by atoms with van der Waals surface area (Å²) in [6, 6.07) is 3.22. The minimum absolute atomic E-state index is 0.0116. The largest absolute Gasteiger partial charge is 0.513 e. The minimum atomic E-state index is -1.10. The van der Waals surface area contributed by atoms with E-state index in [0.29, 0.717) is 5.56 Å². The Morgan fingerprint density at radius 1 is 0.756 bits per heavy atom. The fraction of sp³-hybridized carbons (Fsp3) is 0.655. The van der Waals surface area contributed by atoms with Crippen molar-refractivity contribution in [2.75, 3.05) is 19.8 Å². The molecule has 12 heteroatoms. The molecule has 2 atom stereocenters. The zero-order valence-electron chi connectivity index (χ0n) is 25.8. The molecule has 0 amide bonds. The number of ether oxygens (including phenoxy) is 7. The van der Waals surface area contributed by atoms with Crippen LogP contribution in [0.3, 0.4) is 0 Å². The van der Waals surface area contributed by atoms with Crippen LogP contribution >= 0.6 is 0 Å². The molecule has 0 spiro atoms. The molecule has 0 saturated carbocycles. The highest BCUT2D eigenvalue weighted by Gasteiger charge is 2.24. The highest BCUT2D eigenvalue weighted by atomic mass is 16.8. The molecule has 41 heavy (non-hydrogen) atoms. The molecule has 1 aromatic rings. The molecule has 0 bridgehead atoms. The van der Waals surface area contributed by atoms with Gasteiger partial charge in [-0.3, -0.25) is 4.79 Å². The van der Waals surface area contributed by atoms with Crippen LogP contribution in [-0.2, 0) is 34.9 Å². The summed E-state index contributed by atoms with van der Waals surface area (Å²) in [5.74, 6) is -0.971. The van der Waals surface area contributed by atoms with Crippen LogP contribution in [0.1, 0.15) is 74.8 Å². The highest BCUT2D eigenvalue weighted by Crippen LogP contribution is 2.30. The first-order chi connectivity index (χ1) is 18.6. The molecule has 0 radical (unpaired) electrons. The molecule has 2 N–H and O–H groups in total. The van der Waals surface area contributed by atoms with Crippen molar-refractivity contribution >= 4 is 24.4 Å². The lowest BCUT2D eigenvalue weighted by Crippen LogP contribution is -2.36. The van der Waals surface area contributed by atoms with Gasteiger partial charge < -0.3 is 38.9 Å². The molecule has 1 rings (SSSR count). The average molecular weight is 584 g/mol. The SMILES string of the molecule is C[C@@H](COC(=O)[C@@H](N)Cc1ccc(OC(=O)OCC(C)(C)C)c(OC(=O)OCC(C)(C)C)c1)OC(=O)OC(C)(C)C. The summed E-state index contributed by atoms with van der Waals surface area (Å²) in [5, 5.41) is 0. The normalized spacial score (nSPS) is 13.3. The van der Waals surface area contributed by atoms with Crippen LogP contribution in [0, 0.1) is 10.8 Å². The maximum Gasteiger partial charge on any atom is 0.513 e. The molecule has 1 aromatic carbocycles. The van der Waals surface area contributed by atoms with Gasteiger partial charge in [0, 0.05) is 0 Å². The Hall–Kier alpha value is -3.54. The lowest BCUT2D eigenvalue weighted by Gasteiger charge is -2.21. The lowest BCUT2D eigenvalue weighted by molar-refractivity contribution is -0.148. The van der Waals surface area contributed by atoms with E-state index in [1.165, 1.54) is 19.1 Å². The molecule has 0 aliphatic carbocycles. The summed E-state index contributed by atoms with van der Waals surface area (Å²) in [5.41, 5.74) is 5.17. The number of carbonyl (C=O) groups is 4. The van der Waals surface area contributed by atoms with Crippen LogP contribution in [0.15, 0.2) is 18.2 Å². The van der Waals surface area contributed by atoms with Gasteiger partial charge in [0.05, 0.1) is 13.2 Å². The molecule has 12 nitrogen and oxygen atoms in total. The fourth-order valence-corrected chi connectivity index (χ4v) is 2.75. The summed E-state index contributed by atoms with van der Waals surface area (Å²) in [6.07, 6.45) is -3.66. The minimum Gasteiger partial charge on any atom is -0.461 e. The van der Waals surface area contributed by atoms with Crippen molar-refractivity contribution in [1.29, 1.82) is 0 Å². The molecule has 0 aromatic heterocycles. The van der Waals surface area contributed by atoms with Crippen LogP contribution in [-0.4, -0.2) is 62.0 Å². The van der Waals surface area contributed by atoms with Crippen LogP contribution in [0.4, 0.5) is 14.4 Å². The van der Waals surface area contributed by atoms with E-state index in [2.05, 4.69) is 0 Å². The first kappa shape index (κ1) is 35.5. The third-order valence-electron chi connectivity index (χ3n) is 4.55. The van der Waals surface area contributed by atoms with Crippen molar-refractivity contribution in [1.82, 2.24) is 0 Å². The molecule has 0 saturated heterocycles. The number of rotatable bonds is 10. The van der Waals surface area contributed by atoms with E-state index in [4.69, 9.17) is 38.9 Å². The third-order valence-corrected chi connectivity index (χ3v) is 4.55. The molecule has 0 aliphatic rings. The van der Waals surface area contributed by atoms with Crippen LogP contribution in [0.5, 0.6) is 11.5 Å². The van der Waals surface area contributed by atoms with Gasteiger partial charge in [-0.1, -0.05) is 47.6 Å². The summed E-state index contributed by atoms with van der Waals surface area (Å²) in [6.45, 7) is 17.9. The monoisotopic (exact) mass is 583 g/mol. The van der Waals surface area contributed by atoms with Crippen molar-refractivity contribution in [3.8, 4) is 11.5 Å². The van der Waals surface area contributed by atoms with Crippen LogP contribution < -0.4 is 15.2 Å². The van der Waals surface area contributed by atoms with E-state index in [1.807, 2.05) is 41.5 Å². The van der Waals surface area contributed by atoms with Crippen molar-refractivity contribution in [2.45, 2.75) is 93.4 Å². The number of esters is 1. The number of hydrogen-bond acceptors (Lipinski definition) is 12. The molecular formula is C29H45NO11. The topological polar surface area (TPSA) is 159 Å².